The van der Waals surface area contributed by atoms with E-state index in [1.54, 1.807) is 0 Å². The smallest absolute Gasteiger partial charge is 0.0635 e. The van der Waals surface area contributed by atoms with Gasteiger partial charge in [0.25, 0.3) is 0 Å². The van der Waals surface area contributed by atoms with Crippen LogP contribution in [0.15, 0.2) is 188 Å². The van der Waals surface area contributed by atoms with Crippen molar-refractivity contribution in [3.8, 4) is 22.3 Å². The van der Waals surface area contributed by atoms with Crippen LogP contribution in [0.5, 0.6) is 0 Å². The van der Waals surface area contributed by atoms with Gasteiger partial charge in [-0.15, -0.1) is 0 Å². The highest BCUT2D eigenvalue weighted by Gasteiger charge is 2.38. The summed E-state index contributed by atoms with van der Waals surface area (Å²) in [5.41, 5.74) is 11.3. The number of rotatable bonds is 4. The first kappa shape index (κ1) is 27.9. The van der Waals surface area contributed by atoms with Crippen LogP contribution >= 0.6 is 0 Å². The SMILES string of the molecule is C1=CC2c3ccccc3N(c3cc(-c4ccccc4)cc(-c4ccc5c6ccccc6c6ccccc6c5c4)c3)C2C=C1c1ccccc1. The molecule has 1 heterocycles. The second-order valence-electron chi connectivity index (χ2n) is 13.3. The molecular formula is C48H33N. The molecule has 0 amide bonds. The lowest BCUT2D eigenvalue weighted by Crippen LogP contribution is -2.29. The van der Waals surface area contributed by atoms with Crippen LogP contribution in [-0.2, 0) is 0 Å². The van der Waals surface area contributed by atoms with Gasteiger partial charge in [0.15, 0.2) is 0 Å². The molecule has 230 valence electrons. The van der Waals surface area contributed by atoms with Crippen LogP contribution in [0.4, 0.5) is 11.4 Å². The number of hydrogen-bond acceptors (Lipinski definition) is 1. The number of hydrogen-bond donors (Lipinski definition) is 0. The molecule has 0 aromatic heterocycles. The third-order valence-electron chi connectivity index (χ3n) is 10.5. The predicted molar refractivity (Wildman–Crippen MR) is 209 cm³/mol. The van der Waals surface area contributed by atoms with E-state index in [0.717, 1.165) is 0 Å². The van der Waals surface area contributed by atoms with Gasteiger partial charge in [0, 0.05) is 17.3 Å². The highest BCUT2D eigenvalue weighted by molar-refractivity contribution is 6.25. The monoisotopic (exact) mass is 623 g/mol. The molecule has 2 atom stereocenters. The van der Waals surface area contributed by atoms with Crippen LogP contribution in [0.3, 0.4) is 0 Å². The molecule has 2 aliphatic rings. The quantitative estimate of drug-likeness (QED) is 0.176. The largest absolute Gasteiger partial charge is 0.333 e. The number of allylic oxidation sites excluding steroid dienone is 2. The van der Waals surface area contributed by atoms with Gasteiger partial charge >= 0.3 is 0 Å². The number of fused-ring (bicyclic) bond motifs is 9. The van der Waals surface area contributed by atoms with Crippen molar-refractivity contribution in [1.82, 2.24) is 0 Å². The maximum Gasteiger partial charge on any atom is 0.0635 e. The van der Waals surface area contributed by atoms with E-state index in [1.165, 1.54) is 82.6 Å². The zero-order valence-electron chi connectivity index (χ0n) is 27.0. The Morgan fingerprint density at radius 2 is 0.939 bits per heavy atom. The average molecular weight is 624 g/mol. The van der Waals surface area contributed by atoms with Crippen molar-refractivity contribution in [2.24, 2.45) is 0 Å². The van der Waals surface area contributed by atoms with E-state index in [1.807, 2.05) is 0 Å². The Hall–Kier alpha value is -6.18. The Morgan fingerprint density at radius 3 is 1.63 bits per heavy atom. The Balaban J connectivity index is 1.19. The van der Waals surface area contributed by atoms with E-state index < -0.39 is 0 Å². The normalized spacial score (nSPS) is 16.6. The van der Waals surface area contributed by atoms with E-state index in [0.29, 0.717) is 0 Å². The van der Waals surface area contributed by atoms with Crippen molar-refractivity contribution in [2.75, 3.05) is 4.90 Å². The minimum atomic E-state index is 0.170. The van der Waals surface area contributed by atoms with Crippen LogP contribution in [0.2, 0.25) is 0 Å². The fraction of sp³-hybridized carbons (Fsp3) is 0.0417. The number of nitrogens with zero attached hydrogens (tertiary/aromatic N) is 1. The molecule has 0 N–H and O–H groups in total. The maximum absolute atomic E-state index is 2.58. The number of anilines is 2. The minimum absolute atomic E-state index is 0.170. The molecule has 1 aliphatic carbocycles. The molecule has 10 rings (SSSR count). The molecule has 0 bridgehead atoms. The third kappa shape index (κ3) is 4.54. The van der Waals surface area contributed by atoms with Gasteiger partial charge in [0.2, 0.25) is 0 Å². The highest BCUT2D eigenvalue weighted by Crippen LogP contribution is 2.50. The lowest BCUT2D eigenvalue weighted by molar-refractivity contribution is 0.747. The van der Waals surface area contributed by atoms with Crippen molar-refractivity contribution in [3.05, 3.63) is 199 Å². The zero-order valence-corrected chi connectivity index (χ0v) is 27.0. The van der Waals surface area contributed by atoms with Crippen LogP contribution in [0.25, 0.3) is 60.1 Å². The first-order chi connectivity index (χ1) is 24.3. The minimum Gasteiger partial charge on any atom is -0.333 e. The van der Waals surface area contributed by atoms with Crippen molar-refractivity contribution in [1.29, 1.82) is 0 Å². The van der Waals surface area contributed by atoms with Crippen LogP contribution in [0, 0.1) is 0 Å². The lowest BCUT2D eigenvalue weighted by atomic mass is 9.86. The van der Waals surface area contributed by atoms with Gasteiger partial charge in [-0.25, -0.2) is 0 Å². The van der Waals surface area contributed by atoms with Gasteiger partial charge in [0.1, 0.15) is 0 Å². The summed E-state index contributed by atoms with van der Waals surface area (Å²) in [6.07, 6.45) is 7.19. The molecule has 2 unspecified atom stereocenters. The average Bonchev–Trinajstić information content (AvgIpc) is 3.52. The van der Waals surface area contributed by atoms with E-state index in [9.17, 15) is 0 Å². The van der Waals surface area contributed by atoms with Crippen LogP contribution in [0.1, 0.15) is 17.0 Å². The van der Waals surface area contributed by atoms with Crippen LogP contribution < -0.4 is 4.90 Å². The second-order valence-corrected chi connectivity index (χ2v) is 13.3. The standard InChI is InChI=1S/C48H33N/c1-3-13-32(14-4-1)35-24-26-45-44-21-11-12-22-47(44)49(48(45)31-35)38-28-36(33-15-5-2-6-16-33)27-37(29-38)34-23-25-43-41-19-8-7-17-39(41)40-18-9-10-20-42(40)46(43)30-34/h1-31,45,48H. The topological polar surface area (TPSA) is 3.24 Å². The molecule has 49 heavy (non-hydrogen) atoms. The fourth-order valence-electron chi connectivity index (χ4n) is 8.27. The Morgan fingerprint density at radius 1 is 0.388 bits per heavy atom. The second kappa shape index (κ2) is 11.2. The van der Waals surface area contributed by atoms with Crippen molar-refractivity contribution in [2.45, 2.75) is 12.0 Å². The summed E-state index contributed by atoms with van der Waals surface area (Å²) in [7, 11) is 0. The zero-order chi connectivity index (χ0) is 32.3. The first-order valence-electron chi connectivity index (χ1n) is 17.2. The first-order valence-corrected chi connectivity index (χ1v) is 17.2. The highest BCUT2D eigenvalue weighted by atomic mass is 15.2. The van der Waals surface area contributed by atoms with E-state index in [4.69, 9.17) is 0 Å². The molecule has 0 radical (unpaired) electrons. The van der Waals surface area contributed by atoms with Crippen molar-refractivity contribution in [3.63, 3.8) is 0 Å². The molecule has 0 fully saturated rings. The predicted octanol–water partition coefficient (Wildman–Crippen LogP) is 12.7. The Bertz CT molecular complexity index is 2580. The Kier molecular flexibility index (Phi) is 6.38. The van der Waals surface area contributed by atoms with E-state index in [2.05, 4.69) is 193 Å². The van der Waals surface area contributed by atoms with Crippen LogP contribution in [-0.4, -0.2) is 6.04 Å². The van der Waals surface area contributed by atoms with Gasteiger partial charge in [-0.3, -0.25) is 0 Å². The van der Waals surface area contributed by atoms with Gasteiger partial charge in [0.05, 0.1) is 6.04 Å². The van der Waals surface area contributed by atoms with Crippen molar-refractivity contribution >= 4 is 49.3 Å². The summed E-state index contributed by atoms with van der Waals surface area (Å²) in [5.74, 6) is 0.285. The fourth-order valence-corrected chi connectivity index (χ4v) is 8.27. The van der Waals surface area contributed by atoms with Crippen molar-refractivity contribution < 1.29 is 0 Å². The molecule has 8 aromatic carbocycles. The van der Waals surface area contributed by atoms with E-state index in [-0.39, 0.29) is 12.0 Å². The van der Waals surface area contributed by atoms with Gasteiger partial charge in [-0.2, -0.15) is 0 Å². The number of benzene rings is 8. The summed E-state index contributed by atoms with van der Waals surface area (Å²) in [5, 5.41) is 7.78. The number of para-hydroxylation sites is 1. The van der Waals surface area contributed by atoms with E-state index >= 15 is 0 Å². The molecule has 0 saturated carbocycles. The Labute approximate surface area is 286 Å². The molecule has 8 aromatic rings. The molecule has 1 aliphatic heterocycles. The molecule has 0 saturated heterocycles. The summed E-state index contributed by atoms with van der Waals surface area (Å²) >= 11 is 0. The van der Waals surface area contributed by atoms with Gasteiger partial charge in [-0.1, -0.05) is 158 Å². The summed E-state index contributed by atoms with van der Waals surface area (Å²) < 4.78 is 0. The lowest BCUT2D eigenvalue weighted by Gasteiger charge is -2.31. The van der Waals surface area contributed by atoms with Gasteiger partial charge in [-0.05, 0) is 102 Å². The summed E-state index contributed by atoms with van der Waals surface area (Å²) in [6.45, 7) is 0. The summed E-state index contributed by atoms with van der Waals surface area (Å²) in [6, 6.07) is 62.6. The molecular weight excluding hydrogens is 591 g/mol. The molecule has 1 nitrogen and oxygen atoms in total. The third-order valence-corrected chi connectivity index (χ3v) is 10.5. The maximum atomic E-state index is 2.58. The molecule has 0 spiro atoms. The molecule has 1 heteroatoms. The van der Waals surface area contributed by atoms with Gasteiger partial charge < -0.3 is 4.90 Å². The summed E-state index contributed by atoms with van der Waals surface area (Å²) in [4.78, 5) is 2.58.